The monoisotopic (exact) mass is 266 g/mol. The third-order valence-electron chi connectivity index (χ3n) is 2.40. The fourth-order valence-corrected chi connectivity index (χ4v) is 1.60. The molecule has 0 aliphatic carbocycles. The van der Waals surface area contributed by atoms with E-state index >= 15 is 0 Å². The van der Waals surface area contributed by atoms with Crippen LogP contribution in [0.15, 0.2) is 34.9 Å². The minimum absolute atomic E-state index is 0.143. The number of likely N-dealkylation sites (N-methyl/N-ethyl adjacent to an activating group) is 1. The smallest absolute Gasteiger partial charge is 0.292 e. The van der Waals surface area contributed by atoms with Gasteiger partial charge in [-0.25, -0.2) is 4.98 Å². The van der Waals surface area contributed by atoms with Crippen LogP contribution in [0.25, 0.3) is 11.3 Å². The van der Waals surface area contributed by atoms with Gasteiger partial charge in [0.25, 0.3) is 5.35 Å². The molecule has 4 nitrogen and oxygen atoms in total. The Labute approximate surface area is 111 Å². The fraction of sp³-hybridized carbons (Fsp3) is 0.308. The van der Waals surface area contributed by atoms with Gasteiger partial charge < -0.3 is 14.1 Å². The predicted octanol–water partition coefficient (Wildman–Crippen LogP) is 2.94. The number of hydrogen-bond acceptors (Lipinski definition) is 4. The molecule has 0 aliphatic rings. The highest BCUT2D eigenvalue weighted by atomic mass is 35.5. The molecule has 1 aromatic heterocycles. The molecule has 18 heavy (non-hydrogen) atoms. The second-order valence-electron chi connectivity index (χ2n) is 4.16. The van der Waals surface area contributed by atoms with Crippen LogP contribution in [-0.4, -0.2) is 37.1 Å². The van der Waals surface area contributed by atoms with Crippen molar-refractivity contribution in [2.45, 2.75) is 0 Å². The Kier molecular flexibility index (Phi) is 4.23. The molecule has 0 spiro atoms. The molecular formula is C13H15ClN2O2. The van der Waals surface area contributed by atoms with Gasteiger partial charge in [0.15, 0.2) is 5.76 Å². The maximum absolute atomic E-state index is 5.65. The van der Waals surface area contributed by atoms with Crippen LogP contribution in [0.1, 0.15) is 0 Å². The highest BCUT2D eigenvalue weighted by Crippen LogP contribution is 2.25. The summed E-state index contributed by atoms with van der Waals surface area (Å²) in [6.45, 7) is 1.52. The molecule has 96 valence electrons. The molecule has 0 bridgehead atoms. The topological polar surface area (TPSA) is 38.5 Å². The molecule has 0 atom stereocenters. The second-order valence-corrected chi connectivity index (χ2v) is 4.48. The lowest BCUT2D eigenvalue weighted by atomic mass is 10.2. The van der Waals surface area contributed by atoms with Gasteiger partial charge in [0.1, 0.15) is 12.4 Å². The number of aromatic nitrogens is 1. The number of ether oxygens (including phenoxy) is 1. The Morgan fingerprint density at radius 3 is 2.89 bits per heavy atom. The second kappa shape index (κ2) is 5.89. The van der Waals surface area contributed by atoms with Crippen molar-refractivity contribution in [3.63, 3.8) is 0 Å². The Balaban J connectivity index is 2.05. The zero-order valence-electron chi connectivity index (χ0n) is 10.4. The molecule has 0 N–H and O–H groups in total. The van der Waals surface area contributed by atoms with E-state index in [0.29, 0.717) is 12.4 Å². The van der Waals surface area contributed by atoms with Gasteiger partial charge in [-0.05, 0) is 37.8 Å². The van der Waals surface area contributed by atoms with E-state index in [0.717, 1.165) is 17.9 Å². The molecule has 1 aromatic carbocycles. The SMILES string of the molecule is CN(C)CCOc1cccc(-c2cnc(Cl)o2)c1. The van der Waals surface area contributed by atoms with Gasteiger partial charge in [-0.15, -0.1) is 0 Å². The van der Waals surface area contributed by atoms with Crippen LogP contribution in [0.5, 0.6) is 5.75 Å². The highest BCUT2D eigenvalue weighted by molar-refractivity contribution is 6.27. The van der Waals surface area contributed by atoms with Gasteiger partial charge in [0, 0.05) is 12.1 Å². The fourth-order valence-electron chi connectivity index (χ4n) is 1.47. The molecule has 5 heteroatoms. The molecular weight excluding hydrogens is 252 g/mol. The number of nitrogens with zero attached hydrogens (tertiary/aromatic N) is 2. The van der Waals surface area contributed by atoms with Crippen molar-refractivity contribution < 1.29 is 9.15 Å². The maximum atomic E-state index is 5.65. The molecule has 0 aliphatic heterocycles. The summed E-state index contributed by atoms with van der Waals surface area (Å²) in [5.41, 5.74) is 0.900. The minimum atomic E-state index is 0.143. The van der Waals surface area contributed by atoms with Gasteiger partial charge in [-0.2, -0.15) is 0 Å². The summed E-state index contributed by atoms with van der Waals surface area (Å²) in [4.78, 5) is 5.93. The van der Waals surface area contributed by atoms with Crippen LogP contribution < -0.4 is 4.74 Å². The normalized spacial score (nSPS) is 10.9. The van der Waals surface area contributed by atoms with Crippen LogP contribution in [-0.2, 0) is 0 Å². The first-order chi connectivity index (χ1) is 8.65. The Hall–Kier alpha value is -1.52. The summed E-state index contributed by atoms with van der Waals surface area (Å²) in [6.07, 6.45) is 1.60. The van der Waals surface area contributed by atoms with Gasteiger partial charge in [-0.3, -0.25) is 0 Å². The van der Waals surface area contributed by atoms with Crippen LogP contribution in [0.3, 0.4) is 0 Å². The van der Waals surface area contributed by atoms with Crippen molar-refractivity contribution in [1.29, 1.82) is 0 Å². The summed E-state index contributed by atoms with van der Waals surface area (Å²) in [6, 6.07) is 7.66. The minimum Gasteiger partial charge on any atom is -0.492 e. The van der Waals surface area contributed by atoms with E-state index in [1.807, 2.05) is 38.4 Å². The molecule has 2 aromatic rings. The Morgan fingerprint density at radius 2 is 2.22 bits per heavy atom. The molecule has 0 radical (unpaired) electrons. The average Bonchev–Trinajstić information content (AvgIpc) is 2.76. The van der Waals surface area contributed by atoms with Crippen molar-refractivity contribution in [2.24, 2.45) is 0 Å². The lowest BCUT2D eigenvalue weighted by Gasteiger charge is -2.11. The zero-order chi connectivity index (χ0) is 13.0. The van der Waals surface area contributed by atoms with E-state index in [1.54, 1.807) is 6.20 Å². The van der Waals surface area contributed by atoms with E-state index in [4.69, 9.17) is 20.8 Å². The van der Waals surface area contributed by atoms with Crippen LogP contribution in [0.4, 0.5) is 0 Å². The predicted molar refractivity (Wildman–Crippen MR) is 71.0 cm³/mol. The lowest BCUT2D eigenvalue weighted by molar-refractivity contribution is 0.261. The summed E-state index contributed by atoms with van der Waals surface area (Å²) in [5, 5.41) is 0.143. The first-order valence-corrected chi connectivity index (χ1v) is 6.02. The Bertz CT molecular complexity index is 511. The van der Waals surface area contributed by atoms with Crippen LogP contribution in [0.2, 0.25) is 5.35 Å². The first-order valence-electron chi connectivity index (χ1n) is 5.64. The number of hydrogen-bond donors (Lipinski definition) is 0. The molecule has 0 unspecified atom stereocenters. The summed E-state index contributed by atoms with van der Waals surface area (Å²) in [5.74, 6) is 1.44. The van der Waals surface area contributed by atoms with Crippen molar-refractivity contribution in [2.75, 3.05) is 27.2 Å². The number of oxazole rings is 1. The van der Waals surface area contributed by atoms with Crippen molar-refractivity contribution in [3.8, 4) is 17.1 Å². The van der Waals surface area contributed by atoms with Crippen LogP contribution >= 0.6 is 11.6 Å². The standard InChI is InChI=1S/C13H15ClN2O2/c1-16(2)6-7-17-11-5-3-4-10(8-11)12-9-15-13(14)18-12/h3-5,8-9H,6-7H2,1-2H3. The molecule has 0 fully saturated rings. The number of halogens is 1. The van der Waals surface area contributed by atoms with Gasteiger partial charge >= 0.3 is 0 Å². The van der Waals surface area contributed by atoms with E-state index in [1.165, 1.54) is 0 Å². The van der Waals surface area contributed by atoms with Gasteiger partial charge in [-0.1, -0.05) is 12.1 Å². The van der Waals surface area contributed by atoms with Crippen LogP contribution in [0, 0.1) is 0 Å². The molecule has 0 saturated heterocycles. The summed E-state index contributed by atoms with van der Waals surface area (Å²) >= 11 is 5.65. The largest absolute Gasteiger partial charge is 0.492 e. The zero-order valence-corrected chi connectivity index (χ0v) is 11.1. The Morgan fingerprint density at radius 1 is 1.39 bits per heavy atom. The summed E-state index contributed by atoms with van der Waals surface area (Å²) < 4.78 is 10.9. The third kappa shape index (κ3) is 3.48. The quantitative estimate of drug-likeness (QED) is 0.834. The number of rotatable bonds is 5. The van der Waals surface area contributed by atoms with Crippen molar-refractivity contribution >= 4 is 11.6 Å². The van der Waals surface area contributed by atoms with E-state index in [-0.39, 0.29) is 5.35 Å². The average molecular weight is 267 g/mol. The number of benzene rings is 1. The lowest BCUT2D eigenvalue weighted by Crippen LogP contribution is -2.19. The molecule has 2 rings (SSSR count). The van der Waals surface area contributed by atoms with Gasteiger partial charge in [0.2, 0.25) is 0 Å². The van der Waals surface area contributed by atoms with E-state index in [9.17, 15) is 0 Å². The molecule has 0 saturated carbocycles. The van der Waals surface area contributed by atoms with Crippen molar-refractivity contribution in [3.05, 3.63) is 35.8 Å². The molecule has 0 amide bonds. The van der Waals surface area contributed by atoms with Gasteiger partial charge in [0.05, 0.1) is 6.20 Å². The third-order valence-corrected chi connectivity index (χ3v) is 2.58. The van der Waals surface area contributed by atoms with E-state index in [2.05, 4.69) is 9.88 Å². The summed E-state index contributed by atoms with van der Waals surface area (Å²) in [7, 11) is 4.02. The molecule has 1 heterocycles. The highest BCUT2D eigenvalue weighted by Gasteiger charge is 2.05. The van der Waals surface area contributed by atoms with E-state index < -0.39 is 0 Å². The first kappa shape index (κ1) is 12.9. The maximum Gasteiger partial charge on any atom is 0.292 e. The van der Waals surface area contributed by atoms with Crippen molar-refractivity contribution in [1.82, 2.24) is 9.88 Å².